The van der Waals surface area contributed by atoms with E-state index < -0.39 is 82.4 Å². The number of rotatable bonds is 6. The second kappa shape index (κ2) is 13.5. The molecule has 3 aromatic carbocycles. The summed E-state index contributed by atoms with van der Waals surface area (Å²) >= 11 is 0. The van der Waals surface area contributed by atoms with Gasteiger partial charge in [-0.2, -0.15) is 13.2 Å². The fourth-order valence-electron chi connectivity index (χ4n) is 6.59. The number of nitrogens with zero attached hydrogens (tertiary/aromatic N) is 2. The van der Waals surface area contributed by atoms with Gasteiger partial charge in [0.25, 0.3) is 5.56 Å². The van der Waals surface area contributed by atoms with Crippen molar-refractivity contribution in [1.82, 2.24) is 14.8 Å². The number of pyridine rings is 1. The molecule has 4 bridgehead atoms. The van der Waals surface area contributed by atoms with Crippen LogP contribution in [0.2, 0.25) is 0 Å². The molecular formula is C36H30F7N3O5. The maximum absolute atomic E-state index is 15.9. The molecule has 51 heavy (non-hydrogen) atoms. The number of aromatic nitrogens is 1. The number of carboxylic acids is 1. The van der Waals surface area contributed by atoms with Gasteiger partial charge in [0.2, 0.25) is 5.91 Å². The van der Waals surface area contributed by atoms with Gasteiger partial charge in [0.05, 0.1) is 18.0 Å². The van der Waals surface area contributed by atoms with E-state index in [0.29, 0.717) is 10.1 Å². The number of aliphatic carboxylic acids is 1. The van der Waals surface area contributed by atoms with E-state index in [1.807, 2.05) is 0 Å². The number of carboxylic acid groups (broad SMARTS) is 1. The lowest BCUT2D eigenvalue weighted by molar-refractivity contribution is -0.139. The van der Waals surface area contributed by atoms with Crippen molar-refractivity contribution in [1.29, 1.82) is 0 Å². The standard InChI is InChI=1S/C36H30F7N3O5/c1-17-8-21(37)10-29-32(17)20-7-18(2)33(40)25(9-20)28(13-31(48)49)44-35(50)34(24-11-23(51-29)3-4-27(24)39)46-14-19(5-6-45-15-22(38)16-45)26(12-30(46)47)36(41,42)43/h3-4,7-12,14,22,28,34H,5-6,13,15-16H2,1-2H3,(H,44,50)(H,48,49)/t28-,34+/m1/s1. The van der Waals surface area contributed by atoms with Gasteiger partial charge in [0, 0.05) is 54.7 Å². The Bertz CT molecular complexity index is 2110. The number of nitrogens with one attached hydrogen (secondary N) is 1. The lowest BCUT2D eigenvalue weighted by Gasteiger charge is -2.34. The van der Waals surface area contributed by atoms with Crippen molar-refractivity contribution in [2.45, 2.75) is 51.1 Å². The van der Waals surface area contributed by atoms with E-state index in [4.69, 9.17) is 4.74 Å². The number of aryl methyl sites for hydroxylation is 2. The second-order valence-corrected chi connectivity index (χ2v) is 12.7. The molecule has 0 radical (unpaired) electrons. The molecule has 1 amide bonds. The number of amides is 1. The molecule has 6 rings (SSSR count). The smallest absolute Gasteiger partial charge is 0.416 e. The van der Waals surface area contributed by atoms with Gasteiger partial charge in [-0.3, -0.25) is 23.9 Å². The summed E-state index contributed by atoms with van der Waals surface area (Å²) in [7, 11) is 0. The van der Waals surface area contributed by atoms with Crippen LogP contribution in [-0.4, -0.2) is 52.3 Å². The molecule has 1 aromatic heterocycles. The Balaban J connectivity index is 1.59. The number of alkyl halides is 4. The second-order valence-electron chi connectivity index (χ2n) is 12.7. The molecule has 268 valence electrons. The van der Waals surface area contributed by atoms with E-state index in [1.165, 1.54) is 25.1 Å². The molecule has 3 heterocycles. The molecule has 0 spiro atoms. The van der Waals surface area contributed by atoms with Crippen molar-refractivity contribution in [3.63, 3.8) is 0 Å². The van der Waals surface area contributed by atoms with Gasteiger partial charge in [0.1, 0.15) is 41.2 Å². The Labute approximate surface area is 286 Å². The highest BCUT2D eigenvalue weighted by atomic mass is 19.4. The molecule has 0 saturated carbocycles. The quantitative estimate of drug-likeness (QED) is 0.213. The molecule has 0 aliphatic carbocycles. The number of ether oxygens (including phenoxy) is 1. The number of carbonyl (C=O) groups is 2. The molecule has 2 aliphatic heterocycles. The van der Waals surface area contributed by atoms with Gasteiger partial charge in [-0.05, 0) is 78.9 Å². The molecule has 1 fully saturated rings. The van der Waals surface area contributed by atoms with Crippen molar-refractivity contribution in [3.05, 3.63) is 116 Å². The van der Waals surface area contributed by atoms with E-state index in [-0.39, 0.29) is 65.9 Å². The van der Waals surface area contributed by atoms with Crippen LogP contribution in [0.1, 0.15) is 51.9 Å². The van der Waals surface area contributed by atoms with Crippen molar-refractivity contribution >= 4 is 11.9 Å². The molecule has 0 unspecified atom stereocenters. The van der Waals surface area contributed by atoms with Crippen LogP contribution in [0.25, 0.3) is 11.1 Å². The van der Waals surface area contributed by atoms with Crippen LogP contribution < -0.4 is 15.6 Å². The Kier molecular flexibility index (Phi) is 9.44. The predicted molar refractivity (Wildman–Crippen MR) is 170 cm³/mol. The first-order valence-corrected chi connectivity index (χ1v) is 15.8. The number of benzene rings is 3. The molecule has 2 atom stereocenters. The van der Waals surface area contributed by atoms with E-state index >= 15 is 8.78 Å². The minimum absolute atomic E-state index is 0.00121. The van der Waals surface area contributed by atoms with Crippen LogP contribution >= 0.6 is 0 Å². The third kappa shape index (κ3) is 7.20. The summed E-state index contributed by atoms with van der Waals surface area (Å²) in [4.78, 5) is 41.4. The van der Waals surface area contributed by atoms with Crippen LogP contribution in [0.5, 0.6) is 11.5 Å². The van der Waals surface area contributed by atoms with Crippen molar-refractivity contribution in [2.75, 3.05) is 19.6 Å². The average Bonchev–Trinajstić information content (AvgIpc) is 3.01. The third-order valence-corrected chi connectivity index (χ3v) is 9.00. The summed E-state index contributed by atoms with van der Waals surface area (Å²) in [5.74, 6) is -5.73. The fraction of sp³-hybridized carbons (Fsp3) is 0.306. The predicted octanol–water partition coefficient (Wildman–Crippen LogP) is 6.79. The normalized spacial score (nSPS) is 18.0. The monoisotopic (exact) mass is 717 g/mol. The van der Waals surface area contributed by atoms with Gasteiger partial charge in [0.15, 0.2) is 0 Å². The highest BCUT2D eigenvalue weighted by molar-refractivity contribution is 5.85. The highest BCUT2D eigenvalue weighted by Crippen LogP contribution is 2.41. The van der Waals surface area contributed by atoms with E-state index in [0.717, 1.165) is 30.5 Å². The summed E-state index contributed by atoms with van der Waals surface area (Å²) in [6, 6.07) is 4.47. The summed E-state index contributed by atoms with van der Waals surface area (Å²) in [5, 5.41) is 12.2. The molecule has 15 heteroatoms. The number of hydrogen-bond donors (Lipinski definition) is 2. The topological polar surface area (TPSA) is 101 Å². The fourth-order valence-corrected chi connectivity index (χ4v) is 6.59. The maximum Gasteiger partial charge on any atom is 0.416 e. The van der Waals surface area contributed by atoms with Gasteiger partial charge in [-0.1, -0.05) is 0 Å². The van der Waals surface area contributed by atoms with Gasteiger partial charge in [-0.15, -0.1) is 0 Å². The Morgan fingerprint density at radius 3 is 2.37 bits per heavy atom. The molecule has 4 aromatic rings. The zero-order chi connectivity index (χ0) is 36.9. The number of fused-ring (bicyclic) bond motifs is 6. The molecule has 2 N–H and O–H groups in total. The first-order chi connectivity index (χ1) is 24.0. The SMILES string of the molecule is Cc1cc2cc(c1F)[C@@H](CC(=O)O)NC(=O)[C@@H](n1cc(CCN3CC(F)C3)c(C(F)(F)F)cc1=O)c1cc(ccc1F)Oc1cc(F)cc(C)c1-2. The zero-order valence-corrected chi connectivity index (χ0v) is 27.1. The Hall–Kier alpha value is -5.18. The van der Waals surface area contributed by atoms with E-state index in [1.54, 1.807) is 11.8 Å². The first-order valence-electron chi connectivity index (χ1n) is 15.8. The first kappa shape index (κ1) is 35.6. The number of halogens is 7. The summed E-state index contributed by atoms with van der Waals surface area (Å²) < 4.78 is 109. The van der Waals surface area contributed by atoms with Gasteiger partial charge >= 0.3 is 12.1 Å². The molecular weight excluding hydrogens is 687 g/mol. The minimum atomic E-state index is -5.01. The van der Waals surface area contributed by atoms with Crippen LogP contribution in [-0.2, 0) is 22.2 Å². The van der Waals surface area contributed by atoms with Crippen LogP contribution in [0.3, 0.4) is 0 Å². The highest BCUT2D eigenvalue weighted by Gasteiger charge is 2.38. The van der Waals surface area contributed by atoms with E-state index in [2.05, 4.69) is 5.32 Å². The Morgan fingerprint density at radius 2 is 1.71 bits per heavy atom. The number of hydrogen-bond acceptors (Lipinski definition) is 5. The van der Waals surface area contributed by atoms with E-state index in [9.17, 15) is 41.4 Å². The molecule has 2 aliphatic rings. The van der Waals surface area contributed by atoms with Crippen LogP contribution in [0.4, 0.5) is 30.7 Å². The zero-order valence-electron chi connectivity index (χ0n) is 27.1. The van der Waals surface area contributed by atoms with Gasteiger partial charge in [-0.25, -0.2) is 17.6 Å². The lowest BCUT2D eigenvalue weighted by atomic mass is 9.92. The summed E-state index contributed by atoms with van der Waals surface area (Å²) in [5.41, 5.74) is -3.13. The maximum atomic E-state index is 15.9. The van der Waals surface area contributed by atoms with Crippen molar-refractivity contribution in [2.24, 2.45) is 0 Å². The third-order valence-electron chi connectivity index (χ3n) is 9.00. The number of likely N-dealkylation sites (tertiary alicyclic amines) is 1. The molecule has 8 nitrogen and oxygen atoms in total. The van der Waals surface area contributed by atoms with Crippen molar-refractivity contribution in [3.8, 4) is 22.6 Å². The minimum Gasteiger partial charge on any atom is -0.481 e. The Morgan fingerprint density at radius 1 is 0.980 bits per heavy atom. The van der Waals surface area contributed by atoms with Crippen LogP contribution in [0.15, 0.2) is 59.5 Å². The van der Waals surface area contributed by atoms with Crippen molar-refractivity contribution < 1.29 is 50.2 Å². The lowest BCUT2D eigenvalue weighted by Crippen LogP contribution is -2.49. The van der Waals surface area contributed by atoms with Crippen LogP contribution in [0, 0.1) is 31.3 Å². The summed E-state index contributed by atoms with van der Waals surface area (Å²) in [6.45, 7) is 2.91. The molecule has 1 saturated heterocycles. The summed E-state index contributed by atoms with van der Waals surface area (Å²) in [6.07, 6.45) is -6.61. The number of carbonyl (C=O) groups excluding carboxylic acids is 1. The van der Waals surface area contributed by atoms with Gasteiger partial charge < -0.3 is 15.2 Å². The largest absolute Gasteiger partial charge is 0.481 e. The average molecular weight is 718 g/mol.